The summed E-state index contributed by atoms with van der Waals surface area (Å²) in [4.78, 5) is 19.0. The molecule has 1 aliphatic heterocycles. The van der Waals surface area contributed by atoms with E-state index in [9.17, 15) is 4.79 Å². The van der Waals surface area contributed by atoms with Crippen molar-refractivity contribution in [2.75, 3.05) is 6.54 Å². The van der Waals surface area contributed by atoms with Crippen LogP contribution in [-0.4, -0.2) is 23.5 Å². The quantitative estimate of drug-likeness (QED) is 0.691. The number of nitrogens with zero attached hydrogens (tertiary/aromatic N) is 1. The lowest BCUT2D eigenvalue weighted by atomic mass is 10.1. The van der Waals surface area contributed by atoms with Crippen LogP contribution in [0.25, 0.3) is 10.9 Å². The van der Waals surface area contributed by atoms with Gasteiger partial charge in [-0.15, -0.1) is 0 Å². The van der Waals surface area contributed by atoms with Gasteiger partial charge >= 0.3 is 0 Å². The van der Waals surface area contributed by atoms with Crippen LogP contribution >= 0.6 is 0 Å². The molecule has 1 aromatic carbocycles. The van der Waals surface area contributed by atoms with E-state index >= 15 is 0 Å². The lowest BCUT2D eigenvalue weighted by molar-refractivity contribution is 0.0998. The Kier molecular flexibility index (Phi) is 1.71. The monoisotopic (exact) mass is 198 g/mol. The number of rotatable bonds is 0. The molecule has 0 atom stereocenters. The summed E-state index contributed by atoms with van der Waals surface area (Å²) in [5, 5.41) is 1.13. The molecule has 3 nitrogen and oxygen atoms in total. The minimum absolute atomic E-state index is 0.0787. The van der Waals surface area contributed by atoms with Crippen LogP contribution < -0.4 is 0 Å². The Morgan fingerprint density at radius 2 is 2.13 bits per heavy atom. The maximum absolute atomic E-state index is 11.7. The summed E-state index contributed by atoms with van der Waals surface area (Å²) in [6.45, 7) is 0.264. The predicted octanol–water partition coefficient (Wildman–Crippen LogP) is 1.98. The highest BCUT2D eigenvalue weighted by atomic mass is 16.1. The fourth-order valence-electron chi connectivity index (χ4n) is 2.03. The molecule has 0 bridgehead atoms. The number of hydrogen-bond donors (Lipinski definition) is 1. The molecule has 0 unspecified atom stereocenters. The third-order valence-corrected chi connectivity index (χ3v) is 2.75. The molecule has 0 aliphatic carbocycles. The van der Waals surface area contributed by atoms with Gasteiger partial charge in [-0.2, -0.15) is 0 Å². The van der Waals surface area contributed by atoms with Crippen molar-refractivity contribution in [1.29, 1.82) is 0 Å². The van der Waals surface area contributed by atoms with E-state index in [2.05, 4.69) is 9.98 Å². The number of H-pyrrole nitrogens is 1. The molecule has 2 heterocycles. The van der Waals surface area contributed by atoms with Crippen molar-refractivity contribution in [2.24, 2.45) is 4.99 Å². The Labute approximate surface area is 86.8 Å². The largest absolute Gasteiger partial charge is 0.352 e. The zero-order valence-electron chi connectivity index (χ0n) is 8.16. The summed E-state index contributed by atoms with van der Waals surface area (Å²) in [6.07, 6.45) is 2.56. The number of ketones is 1. The Morgan fingerprint density at radius 3 is 3.07 bits per heavy atom. The predicted molar refractivity (Wildman–Crippen MR) is 59.7 cm³/mol. The highest BCUT2D eigenvalue weighted by Gasteiger charge is 2.17. The number of hydrogen-bond acceptors (Lipinski definition) is 2. The molecular formula is C12H10N2O. The van der Waals surface area contributed by atoms with E-state index in [-0.39, 0.29) is 12.3 Å². The number of aromatic nitrogens is 1. The van der Waals surface area contributed by atoms with Crippen LogP contribution in [0.4, 0.5) is 0 Å². The molecule has 3 heteroatoms. The fraction of sp³-hybridized carbons (Fsp3) is 0.167. The van der Waals surface area contributed by atoms with Crippen LogP contribution in [0.5, 0.6) is 0 Å². The Hall–Kier alpha value is -1.90. The van der Waals surface area contributed by atoms with E-state index in [1.807, 2.05) is 30.5 Å². The maximum Gasteiger partial charge on any atom is 0.200 e. The number of fused-ring (bicyclic) bond motifs is 3. The van der Waals surface area contributed by atoms with Crippen LogP contribution in [0.1, 0.15) is 16.1 Å². The number of benzene rings is 1. The molecule has 0 saturated heterocycles. The number of carbonyl (C=O) groups is 1. The number of aliphatic imine (C=N–C) groups is 1. The van der Waals surface area contributed by atoms with Crippen molar-refractivity contribution < 1.29 is 4.79 Å². The van der Waals surface area contributed by atoms with Gasteiger partial charge in [0.2, 0.25) is 5.78 Å². The first-order chi connectivity index (χ1) is 7.36. The molecule has 1 N–H and O–H groups in total. The second kappa shape index (κ2) is 3.05. The zero-order valence-corrected chi connectivity index (χ0v) is 8.16. The lowest BCUT2D eigenvalue weighted by Gasteiger charge is -1.94. The van der Waals surface area contributed by atoms with E-state index < -0.39 is 0 Å². The van der Waals surface area contributed by atoms with Crippen molar-refractivity contribution in [1.82, 2.24) is 4.98 Å². The van der Waals surface area contributed by atoms with E-state index in [0.29, 0.717) is 0 Å². The lowest BCUT2D eigenvalue weighted by Crippen LogP contribution is -2.03. The minimum atomic E-state index is 0.0787. The summed E-state index contributed by atoms with van der Waals surface area (Å²) >= 11 is 0. The van der Waals surface area contributed by atoms with Gasteiger partial charge < -0.3 is 4.98 Å². The van der Waals surface area contributed by atoms with Gasteiger partial charge in [0.05, 0.1) is 5.69 Å². The van der Waals surface area contributed by atoms with Gasteiger partial charge in [0, 0.05) is 23.5 Å². The topological polar surface area (TPSA) is 45.2 Å². The first kappa shape index (κ1) is 8.41. The summed E-state index contributed by atoms with van der Waals surface area (Å²) in [6, 6.07) is 7.99. The van der Waals surface area contributed by atoms with E-state index in [1.165, 1.54) is 0 Å². The SMILES string of the molecule is O=C1CN=CCc2c1[nH]c1ccccc21. The van der Waals surface area contributed by atoms with Crippen molar-refractivity contribution >= 4 is 22.9 Å². The van der Waals surface area contributed by atoms with Crippen molar-refractivity contribution in [2.45, 2.75) is 6.42 Å². The van der Waals surface area contributed by atoms with Crippen LogP contribution in [-0.2, 0) is 6.42 Å². The highest BCUT2D eigenvalue weighted by molar-refractivity contribution is 6.05. The summed E-state index contributed by atoms with van der Waals surface area (Å²) < 4.78 is 0. The number of Topliss-reactive ketones (excluding diaryl/α,β-unsaturated/α-hetero) is 1. The van der Waals surface area contributed by atoms with Crippen molar-refractivity contribution in [3.05, 3.63) is 35.5 Å². The molecular weight excluding hydrogens is 188 g/mol. The average Bonchev–Trinajstić information content (AvgIpc) is 2.54. The van der Waals surface area contributed by atoms with Gasteiger partial charge in [0.1, 0.15) is 6.54 Å². The molecule has 1 aromatic heterocycles. The van der Waals surface area contributed by atoms with Gasteiger partial charge in [0.25, 0.3) is 0 Å². The normalized spacial score (nSPS) is 15.3. The molecule has 0 spiro atoms. The fourth-order valence-corrected chi connectivity index (χ4v) is 2.03. The summed E-state index contributed by atoms with van der Waals surface area (Å²) in [5.41, 5.74) is 2.84. The van der Waals surface area contributed by atoms with E-state index in [1.54, 1.807) is 0 Å². The third kappa shape index (κ3) is 1.20. The Balaban J connectivity index is 2.35. The smallest absolute Gasteiger partial charge is 0.200 e. The third-order valence-electron chi connectivity index (χ3n) is 2.75. The molecule has 3 rings (SSSR count). The summed E-state index contributed by atoms with van der Waals surface area (Å²) in [5.74, 6) is 0.0787. The van der Waals surface area contributed by atoms with Gasteiger partial charge in [-0.25, -0.2) is 0 Å². The number of para-hydroxylation sites is 1. The van der Waals surface area contributed by atoms with Crippen LogP contribution in [0.3, 0.4) is 0 Å². The van der Waals surface area contributed by atoms with E-state index in [4.69, 9.17) is 0 Å². The van der Waals surface area contributed by atoms with Crippen LogP contribution in [0.15, 0.2) is 29.3 Å². The second-order valence-electron chi connectivity index (χ2n) is 3.67. The van der Waals surface area contributed by atoms with Crippen molar-refractivity contribution in [3.8, 4) is 0 Å². The highest BCUT2D eigenvalue weighted by Crippen LogP contribution is 2.23. The Bertz CT molecular complexity index is 566. The zero-order chi connectivity index (χ0) is 10.3. The molecule has 15 heavy (non-hydrogen) atoms. The van der Waals surface area contributed by atoms with Crippen molar-refractivity contribution in [3.63, 3.8) is 0 Å². The molecule has 0 saturated carbocycles. The first-order valence-electron chi connectivity index (χ1n) is 4.97. The second-order valence-corrected chi connectivity index (χ2v) is 3.67. The molecule has 0 fully saturated rings. The molecule has 74 valence electrons. The minimum Gasteiger partial charge on any atom is -0.352 e. The van der Waals surface area contributed by atoms with Gasteiger partial charge in [-0.1, -0.05) is 18.2 Å². The summed E-state index contributed by atoms with van der Waals surface area (Å²) in [7, 11) is 0. The molecule has 2 aromatic rings. The molecule has 0 amide bonds. The van der Waals surface area contributed by atoms with E-state index in [0.717, 1.165) is 28.6 Å². The van der Waals surface area contributed by atoms with Gasteiger partial charge in [0.15, 0.2) is 0 Å². The van der Waals surface area contributed by atoms with Gasteiger partial charge in [-0.05, 0) is 11.6 Å². The number of aromatic amines is 1. The van der Waals surface area contributed by atoms with Crippen LogP contribution in [0.2, 0.25) is 0 Å². The Morgan fingerprint density at radius 1 is 1.27 bits per heavy atom. The standard InChI is InChI=1S/C12H10N2O/c15-11-7-13-6-5-9-8-3-1-2-4-10(8)14-12(9)11/h1-4,6,14H,5,7H2. The number of carbonyl (C=O) groups excluding carboxylic acids is 1. The van der Waals surface area contributed by atoms with Gasteiger partial charge in [-0.3, -0.25) is 9.79 Å². The molecule has 1 aliphatic rings. The maximum atomic E-state index is 11.7. The molecule has 0 radical (unpaired) electrons. The average molecular weight is 198 g/mol. The first-order valence-corrected chi connectivity index (χ1v) is 4.97. The number of nitrogens with one attached hydrogen (secondary N) is 1. The van der Waals surface area contributed by atoms with Crippen LogP contribution in [0, 0.1) is 0 Å².